The second-order valence-corrected chi connectivity index (χ2v) is 5.72. The van der Waals surface area contributed by atoms with E-state index in [-0.39, 0.29) is 6.79 Å². The Morgan fingerprint density at radius 3 is 2.84 bits per heavy atom. The van der Waals surface area contributed by atoms with Crippen molar-refractivity contribution in [2.75, 3.05) is 13.9 Å². The van der Waals surface area contributed by atoms with Gasteiger partial charge in [-0.15, -0.1) is 6.58 Å². The fourth-order valence-corrected chi connectivity index (χ4v) is 2.95. The Morgan fingerprint density at radius 1 is 1.20 bits per heavy atom. The van der Waals surface area contributed by atoms with Gasteiger partial charge < -0.3 is 18.6 Å². The maximum Gasteiger partial charge on any atom is 0.341 e. The molecule has 0 bridgehead atoms. The van der Waals surface area contributed by atoms with Crippen LogP contribution in [0.15, 0.2) is 53.5 Å². The molecule has 4 rings (SSSR count). The van der Waals surface area contributed by atoms with Crippen molar-refractivity contribution >= 4 is 16.9 Å². The maximum absolute atomic E-state index is 12.1. The molecule has 0 saturated carbocycles. The molecule has 0 N–H and O–H groups in total. The normalized spacial score (nSPS) is 12.4. The van der Waals surface area contributed by atoms with E-state index in [0.29, 0.717) is 34.8 Å². The van der Waals surface area contributed by atoms with Gasteiger partial charge in [0.15, 0.2) is 11.5 Å². The standard InChI is InChI=1S/C20H16O5/c1-3-4-12-7-14-10-17(25-19(14)15(8-12)20(21)22-2)13-5-6-16-18(9-13)24-11-23-16/h3,5-10H,1,4,11H2,2H3. The molecule has 0 aliphatic carbocycles. The van der Waals surface area contributed by atoms with Crippen molar-refractivity contribution in [1.82, 2.24) is 0 Å². The third kappa shape index (κ3) is 2.63. The summed E-state index contributed by atoms with van der Waals surface area (Å²) >= 11 is 0. The first kappa shape index (κ1) is 15.3. The second-order valence-electron chi connectivity index (χ2n) is 5.72. The highest BCUT2D eigenvalue weighted by Gasteiger charge is 2.19. The highest BCUT2D eigenvalue weighted by Crippen LogP contribution is 2.38. The van der Waals surface area contributed by atoms with Gasteiger partial charge in [-0.2, -0.15) is 0 Å². The van der Waals surface area contributed by atoms with Gasteiger partial charge in [0.05, 0.1) is 7.11 Å². The molecule has 0 amide bonds. The molecule has 1 aliphatic heterocycles. The number of furan rings is 1. The summed E-state index contributed by atoms with van der Waals surface area (Å²) in [4.78, 5) is 12.1. The lowest BCUT2D eigenvalue weighted by atomic mass is 10.0. The number of rotatable bonds is 4. The lowest BCUT2D eigenvalue weighted by molar-refractivity contribution is 0.0601. The number of methoxy groups -OCH3 is 1. The molecule has 3 aromatic rings. The first-order valence-corrected chi connectivity index (χ1v) is 7.85. The third-order valence-corrected chi connectivity index (χ3v) is 4.12. The smallest absolute Gasteiger partial charge is 0.341 e. The molecule has 126 valence electrons. The second kappa shape index (κ2) is 6.02. The minimum atomic E-state index is -0.428. The van der Waals surface area contributed by atoms with Crippen LogP contribution in [0.5, 0.6) is 11.5 Å². The van der Waals surface area contributed by atoms with Crippen LogP contribution in [-0.2, 0) is 11.2 Å². The quantitative estimate of drug-likeness (QED) is 0.524. The first-order chi connectivity index (χ1) is 12.2. The third-order valence-electron chi connectivity index (χ3n) is 4.12. The Labute approximate surface area is 144 Å². The van der Waals surface area contributed by atoms with Crippen LogP contribution < -0.4 is 9.47 Å². The Hall–Kier alpha value is -3.21. The zero-order valence-electron chi connectivity index (χ0n) is 13.7. The highest BCUT2D eigenvalue weighted by atomic mass is 16.7. The molecule has 0 unspecified atom stereocenters. The van der Waals surface area contributed by atoms with E-state index in [1.54, 1.807) is 12.1 Å². The van der Waals surface area contributed by atoms with Crippen LogP contribution in [0.4, 0.5) is 0 Å². The van der Waals surface area contributed by atoms with Crippen LogP contribution >= 0.6 is 0 Å². The molecule has 1 aliphatic rings. The van der Waals surface area contributed by atoms with E-state index in [1.807, 2.05) is 30.3 Å². The van der Waals surface area contributed by atoms with Crippen molar-refractivity contribution in [1.29, 1.82) is 0 Å². The van der Waals surface area contributed by atoms with Crippen molar-refractivity contribution in [3.8, 4) is 22.8 Å². The van der Waals surface area contributed by atoms with Crippen LogP contribution in [0.25, 0.3) is 22.3 Å². The molecule has 0 spiro atoms. The van der Waals surface area contributed by atoms with Crippen LogP contribution in [0.2, 0.25) is 0 Å². The summed E-state index contributed by atoms with van der Waals surface area (Å²) in [5.41, 5.74) is 2.73. The minimum Gasteiger partial charge on any atom is -0.465 e. The molecule has 2 aromatic carbocycles. The average Bonchev–Trinajstić information content (AvgIpc) is 3.26. The zero-order chi connectivity index (χ0) is 17.4. The lowest BCUT2D eigenvalue weighted by Crippen LogP contribution is -2.02. The molecule has 5 heteroatoms. The Morgan fingerprint density at radius 2 is 2.04 bits per heavy atom. The van der Waals surface area contributed by atoms with Gasteiger partial charge in [-0.3, -0.25) is 0 Å². The molecule has 2 heterocycles. The van der Waals surface area contributed by atoms with Crippen molar-refractivity contribution in [2.24, 2.45) is 0 Å². The van der Waals surface area contributed by atoms with Crippen LogP contribution in [0.1, 0.15) is 15.9 Å². The molecule has 25 heavy (non-hydrogen) atoms. The fourth-order valence-electron chi connectivity index (χ4n) is 2.95. The Kier molecular flexibility index (Phi) is 3.69. The van der Waals surface area contributed by atoms with E-state index < -0.39 is 5.97 Å². The molecule has 0 saturated heterocycles. The molecule has 1 aromatic heterocycles. The molecule has 0 atom stereocenters. The van der Waals surface area contributed by atoms with E-state index in [2.05, 4.69) is 6.58 Å². The average molecular weight is 336 g/mol. The van der Waals surface area contributed by atoms with E-state index in [4.69, 9.17) is 18.6 Å². The van der Waals surface area contributed by atoms with Gasteiger partial charge in [0, 0.05) is 10.9 Å². The minimum absolute atomic E-state index is 0.219. The number of carbonyl (C=O) groups is 1. The number of hydrogen-bond acceptors (Lipinski definition) is 5. The summed E-state index contributed by atoms with van der Waals surface area (Å²) in [6, 6.07) is 11.3. The van der Waals surface area contributed by atoms with E-state index in [9.17, 15) is 4.79 Å². The van der Waals surface area contributed by atoms with Crippen molar-refractivity contribution in [3.05, 3.63) is 60.2 Å². The van der Waals surface area contributed by atoms with E-state index in [1.165, 1.54) is 7.11 Å². The lowest BCUT2D eigenvalue weighted by Gasteiger charge is -2.03. The topological polar surface area (TPSA) is 57.9 Å². The number of fused-ring (bicyclic) bond motifs is 2. The Bertz CT molecular complexity index is 983. The maximum atomic E-state index is 12.1. The number of ether oxygens (including phenoxy) is 3. The van der Waals surface area contributed by atoms with Gasteiger partial charge in [0.2, 0.25) is 6.79 Å². The molecule has 0 fully saturated rings. The molecular formula is C20H16O5. The van der Waals surface area contributed by atoms with Crippen LogP contribution in [-0.4, -0.2) is 19.9 Å². The number of benzene rings is 2. The predicted octanol–water partition coefficient (Wildman–Crippen LogP) is 4.34. The largest absolute Gasteiger partial charge is 0.465 e. The van der Waals surface area contributed by atoms with Crippen LogP contribution in [0, 0.1) is 0 Å². The molecule has 5 nitrogen and oxygen atoms in total. The van der Waals surface area contributed by atoms with Crippen LogP contribution in [0.3, 0.4) is 0 Å². The summed E-state index contributed by atoms with van der Waals surface area (Å²) in [5.74, 6) is 1.61. The zero-order valence-corrected chi connectivity index (χ0v) is 13.7. The summed E-state index contributed by atoms with van der Waals surface area (Å²) in [5, 5.41) is 0.840. The van der Waals surface area contributed by atoms with Crippen molar-refractivity contribution in [2.45, 2.75) is 6.42 Å². The van der Waals surface area contributed by atoms with Gasteiger partial charge in [-0.25, -0.2) is 4.79 Å². The van der Waals surface area contributed by atoms with E-state index >= 15 is 0 Å². The first-order valence-electron chi connectivity index (χ1n) is 7.85. The van der Waals surface area contributed by atoms with Gasteiger partial charge in [-0.05, 0) is 48.4 Å². The summed E-state index contributed by atoms with van der Waals surface area (Å²) in [6.45, 7) is 3.97. The summed E-state index contributed by atoms with van der Waals surface area (Å²) in [6.07, 6.45) is 2.45. The van der Waals surface area contributed by atoms with Gasteiger partial charge >= 0.3 is 5.97 Å². The van der Waals surface area contributed by atoms with Gasteiger partial charge in [0.25, 0.3) is 0 Å². The molecular weight excluding hydrogens is 320 g/mol. The predicted molar refractivity (Wildman–Crippen MR) is 93.0 cm³/mol. The van der Waals surface area contributed by atoms with Crippen molar-refractivity contribution in [3.63, 3.8) is 0 Å². The highest BCUT2D eigenvalue weighted by molar-refractivity contribution is 6.03. The van der Waals surface area contributed by atoms with Gasteiger partial charge in [0.1, 0.15) is 16.9 Å². The number of esters is 1. The molecule has 0 radical (unpaired) electrons. The van der Waals surface area contributed by atoms with Gasteiger partial charge in [-0.1, -0.05) is 6.08 Å². The summed E-state index contributed by atoms with van der Waals surface area (Å²) in [7, 11) is 1.36. The number of hydrogen-bond donors (Lipinski definition) is 0. The fraction of sp³-hybridized carbons (Fsp3) is 0.150. The van der Waals surface area contributed by atoms with E-state index in [0.717, 1.165) is 16.5 Å². The monoisotopic (exact) mass is 336 g/mol. The number of allylic oxidation sites excluding steroid dienone is 1. The summed E-state index contributed by atoms with van der Waals surface area (Å²) < 4.78 is 21.6. The Balaban J connectivity index is 1.86. The van der Waals surface area contributed by atoms with Crippen molar-refractivity contribution < 1.29 is 23.4 Å². The SMILES string of the molecule is C=CCc1cc(C(=O)OC)c2oc(-c3ccc4c(c3)OCO4)cc2c1. The number of carbonyl (C=O) groups excluding carboxylic acids is 1.